The molecular formula is C14H17IO2. The van der Waals surface area contributed by atoms with Crippen molar-refractivity contribution in [2.75, 3.05) is 24.2 Å². The highest BCUT2D eigenvalue weighted by molar-refractivity contribution is 14.1. The molecule has 0 fully saturated rings. The molecule has 1 atom stereocenters. The van der Waals surface area contributed by atoms with Crippen LogP contribution in [0.15, 0.2) is 36.4 Å². The second kappa shape index (κ2) is 5.40. The van der Waals surface area contributed by atoms with Gasteiger partial charge in [-0.05, 0) is 13.0 Å². The van der Waals surface area contributed by atoms with Crippen molar-refractivity contribution < 1.29 is 9.47 Å². The minimum Gasteiger partial charge on any atom is -0.492 e. The fraction of sp³-hybridized carbons (Fsp3) is 0.429. The van der Waals surface area contributed by atoms with E-state index in [0.717, 1.165) is 15.8 Å². The molecule has 0 amide bonds. The Morgan fingerprint density at radius 1 is 1.53 bits per heavy atom. The van der Waals surface area contributed by atoms with Crippen LogP contribution < -0.4 is 4.74 Å². The lowest BCUT2D eigenvalue weighted by Crippen LogP contribution is -2.35. The average molecular weight is 344 g/mol. The minimum absolute atomic E-state index is 0.00655. The maximum Gasteiger partial charge on any atom is 0.123 e. The highest BCUT2D eigenvalue weighted by Gasteiger charge is 2.39. The SMILES string of the molecule is C=C(C)COCC1(CI)COc2ccccc21. The van der Waals surface area contributed by atoms with Crippen LogP contribution in [0, 0.1) is 0 Å². The first kappa shape index (κ1) is 12.9. The molecule has 3 heteroatoms. The van der Waals surface area contributed by atoms with Crippen molar-refractivity contribution in [2.45, 2.75) is 12.3 Å². The smallest absolute Gasteiger partial charge is 0.123 e. The lowest BCUT2D eigenvalue weighted by Gasteiger charge is -2.25. The molecule has 2 nitrogen and oxygen atoms in total. The molecule has 2 rings (SSSR count). The van der Waals surface area contributed by atoms with Gasteiger partial charge >= 0.3 is 0 Å². The third-order valence-corrected chi connectivity index (χ3v) is 4.41. The van der Waals surface area contributed by atoms with Crippen molar-refractivity contribution in [1.82, 2.24) is 0 Å². The zero-order chi connectivity index (χ0) is 12.3. The zero-order valence-electron chi connectivity index (χ0n) is 10.0. The third kappa shape index (κ3) is 2.65. The van der Waals surface area contributed by atoms with Crippen LogP contribution in [-0.2, 0) is 10.2 Å². The maximum atomic E-state index is 5.76. The maximum absolute atomic E-state index is 5.76. The van der Waals surface area contributed by atoms with E-state index in [1.165, 1.54) is 5.56 Å². The van der Waals surface area contributed by atoms with Crippen LogP contribution in [0.3, 0.4) is 0 Å². The van der Waals surface area contributed by atoms with E-state index in [9.17, 15) is 0 Å². The average Bonchev–Trinajstić information content (AvgIpc) is 2.69. The number of alkyl halides is 1. The number of benzene rings is 1. The Morgan fingerprint density at radius 3 is 3.00 bits per heavy atom. The molecule has 1 heterocycles. The highest BCUT2D eigenvalue weighted by atomic mass is 127. The number of hydrogen-bond acceptors (Lipinski definition) is 2. The Labute approximate surface area is 116 Å². The molecule has 0 saturated carbocycles. The van der Waals surface area contributed by atoms with Crippen molar-refractivity contribution in [2.24, 2.45) is 0 Å². The van der Waals surface area contributed by atoms with Crippen LogP contribution in [-0.4, -0.2) is 24.2 Å². The monoisotopic (exact) mass is 344 g/mol. The summed E-state index contributed by atoms with van der Waals surface area (Å²) < 4.78 is 12.5. The second-order valence-electron chi connectivity index (χ2n) is 4.65. The largest absolute Gasteiger partial charge is 0.492 e. The standard InChI is InChI=1S/C14H17IO2/c1-11(2)7-16-9-14(8-15)10-17-13-6-4-3-5-12(13)14/h3-6H,1,7-10H2,2H3. The van der Waals surface area contributed by atoms with E-state index in [-0.39, 0.29) is 5.41 Å². The molecule has 1 aromatic rings. The van der Waals surface area contributed by atoms with E-state index in [4.69, 9.17) is 9.47 Å². The highest BCUT2D eigenvalue weighted by Crippen LogP contribution is 2.40. The van der Waals surface area contributed by atoms with Crippen molar-refractivity contribution in [3.05, 3.63) is 42.0 Å². The van der Waals surface area contributed by atoms with E-state index in [0.29, 0.717) is 19.8 Å². The molecule has 0 aliphatic carbocycles. The van der Waals surface area contributed by atoms with Crippen molar-refractivity contribution >= 4 is 22.6 Å². The number of ether oxygens (including phenoxy) is 2. The zero-order valence-corrected chi connectivity index (χ0v) is 12.2. The Bertz CT molecular complexity index is 416. The summed E-state index contributed by atoms with van der Waals surface area (Å²) in [6.45, 7) is 7.87. The fourth-order valence-electron chi connectivity index (χ4n) is 2.01. The molecule has 0 bridgehead atoms. The lowest BCUT2D eigenvalue weighted by molar-refractivity contribution is 0.0965. The summed E-state index contributed by atoms with van der Waals surface area (Å²) in [5.41, 5.74) is 2.34. The molecule has 0 spiro atoms. The molecule has 0 aromatic heterocycles. The topological polar surface area (TPSA) is 18.5 Å². The van der Waals surface area contributed by atoms with E-state index >= 15 is 0 Å². The summed E-state index contributed by atoms with van der Waals surface area (Å²) in [5, 5.41) is 0. The normalized spacial score (nSPS) is 22.0. The van der Waals surface area contributed by atoms with Crippen molar-refractivity contribution in [1.29, 1.82) is 0 Å². The molecule has 92 valence electrons. The third-order valence-electron chi connectivity index (χ3n) is 2.94. The quantitative estimate of drug-likeness (QED) is 0.463. The molecule has 17 heavy (non-hydrogen) atoms. The lowest BCUT2D eigenvalue weighted by atomic mass is 9.85. The van der Waals surface area contributed by atoms with E-state index in [1.807, 2.05) is 19.1 Å². The molecule has 0 radical (unpaired) electrons. The van der Waals surface area contributed by atoms with Gasteiger partial charge in [0.25, 0.3) is 0 Å². The number of para-hydroxylation sites is 1. The predicted octanol–water partition coefficient (Wildman–Crippen LogP) is 3.34. The van der Waals surface area contributed by atoms with Gasteiger partial charge in [0.05, 0.1) is 18.6 Å². The van der Waals surface area contributed by atoms with Gasteiger partial charge in [-0.1, -0.05) is 52.9 Å². The van der Waals surface area contributed by atoms with Gasteiger partial charge < -0.3 is 9.47 Å². The number of rotatable bonds is 5. The van der Waals surface area contributed by atoms with E-state index in [1.54, 1.807) is 0 Å². The van der Waals surface area contributed by atoms with Crippen LogP contribution in [0.25, 0.3) is 0 Å². The Hall–Kier alpha value is -0.550. The molecule has 1 aromatic carbocycles. The Kier molecular flexibility index (Phi) is 4.09. The van der Waals surface area contributed by atoms with Gasteiger partial charge in [0, 0.05) is 9.99 Å². The van der Waals surface area contributed by atoms with Gasteiger partial charge in [0.2, 0.25) is 0 Å². The second-order valence-corrected chi connectivity index (χ2v) is 5.41. The Balaban J connectivity index is 2.13. The minimum atomic E-state index is 0.00655. The first-order valence-corrected chi connectivity index (χ1v) is 7.21. The molecule has 1 unspecified atom stereocenters. The molecule has 0 N–H and O–H groups in total. The number of hydrogen-bond donors (Lipinski definition) is 0. The van der Waals surface area contributed by atoms with Crippen LogP contribution in [0.1, 0.15) is 12.5 Å². The number of halogens is 1. The fourth-order valence-corrected chi connectivity index (χ4v) is 2.86. The molecular weight excluding hydrogens is 327 g/mol. The van der Waals surface area contributed by atoms with Gasteiger partial charge in [-0.25, -0.2) is 0 Å². The summed E-state index contributed by atoms with van der Waals surface area (Å²) >= 11 is 2.41. The Morgan fingerprint density at radius 2 is 2.29 bits per heavy atom. The predicted molar refractivity (Wildman–Crippen MR) is 78.1 cm³/mol. The van der Waals surface area contributed by atoms with Gasteiger partial charge in [0.1, 0.15) is 12.4 Å². The first-order chi connectivity index (χ1) is 8.18. The van der Waals surface area contributed by atoms with Gasteiger partial charge in [-0.3, -0.25) is 0 Å². The van der Waals surface area contributed by atoms with Crippen molar-refractivity contribution in [3.63, 3.8) is 0 Å². The van der Waals surface area contributed by atoms with Crippen LogP contribution in [0.2, 0.25) is 0 Å². The summed E-state index contributed by atoms with van der Waals surface area (Å²) in [7, 11) is 0. The molecule has 0 saturated heterocycles. The summed E-state index contributed by atoms with van der Waals surface area (Å²) in [6.07, 6.45) is 0. The van der Waals surface area contributed by atoms with Crippen LogP contribution in [0.5, 0.6) is 5.75 Å². The van der Waals surface area contributed by atoms with Crippen LogP contribution in [0.4, 0.5) is 0 Å². The summed E-state index contributed by atoms with van der Waals surface area (Å²) in [5.74, 6) is 1.00. The summed E-state index contributed by atoms with van der Waals surface area (Å²) in [6, 6.07) is 8.25. The van der Waals surface area contributed by atoms with Crippen LogP contribution >= 0.6 is 22.6 Å². The van der Waals surface area contributed by atoms with E-state index < -0.39 is 0 Å². The van der Waals surface area contributed by atoms with Gasteiger partial charge in [0.15, 0.2) is 0 Å². The number of fused-ring (bicyclic) bond motifs is 1. The summed E-state index contributed by atoms with van der Waals surface area (Å²) in [4.78, 5) is 0. The molecule has 1 aliphatic rings. The molecule has 1 aliphatic heterocycles. The van der Waals surface area contributed by atoms with Gasteiger partial charge in [-0.2, -0.15) is 0 Å². The van der Waals surface area contributed by atoms with Gasteiger partial charge in [-0.15, -0.1) is 0 Å². The first-order valence-electron chi connectivity index (χ1n) is 5.68. The van der Waals surface area contributed by atoms with E-state index in [2.05, 4.69) is 41.3 Å². The van der Waals surface area contributed by atoms with Crippen molar-refractivity contribution in [3.8, 4) is 5.75 Å².